The molecule has 0 aliphatic carbocycles. The molecular formula is C19H25N3O4. The Hall–Kier alpha value is -2.41. The molecule has 3 rings (SSSR count). The van der Waals surface area contributed by atoms with E-state index < -0.39 is 6.10 Å². The van der Waals surface area contributed by atoms with E-state index in [1.54, 1.807) is 7.05 Å². The van der Waals surface area contributed by atoms with Gasteiger partial charge >= 0.3 is 0 Å². The molecule has 0 unspecified atom stereocenters. The molecule has 1 N–H and O–H groups in total. The number of nitrogens with one attached hydrogen (secondary N) is 1. The van der Waals surface area contributed by atoms with E-state index in [0.717, 1.165) is 36.3 Å². The average molecular weight is 359 g/mol. The Bertz CT molecular complexity index is 698. The number of carbonyl (C=O) groups excluding carboxylic acids is 2. The van der Waals surface area contributed by atoms with E-state index in [-0.39, 0.29) is 24.5 Å². The van der Waals surface area contributed by atoms with Crippen molar-refractivity contribution in [2.45, 2.75) is 38.4 Å². The van der Waals surface area contributed by atoms with Crippen molar-refractivity contribution in [2.24, 2.45) is 5.16 Å². The van der Waals surface area contributed by atoms with Crippen LogP contribution in [0.5, 0.6) is 0 Å². The second-order valence-electron chi connectivity index (χ2n) is 6.78. The first-order valence-corrected chi connectivity index (χ1v) is 8.96. The van der Waals surface area contributed by atoms with Crippen LogP contribution in [0.25, 0.3) is 0 Å². The van der Waals surface area contributed by atoms with E-state index in [1.165, 1.54) is 4.90 Å². The Morgan fingerprint density at radius 2 is 2.15 bits per heavy atom. The third kappa shape index (κ3) is 4.40. The van der Waals surface area contributed by atoms with E-state index in [1.807, 2.05) is 31.2 Å². The van der Waals surface area contributed by atoms with Crippen molar-refractivity contribution in [3.63, 3.8) is 0 Å². The van der Waals surface area contributed by atoms with Crippen molar-refractivity contribution in [1.82, 2.24) is 10.2 Å². The number of oxime groups is 1. The number of amides is 2. The molecule has 2 aliphatic rings. The lowest BCUT2D eigenvalue weighted by Gasteiger charge is -2.20. The minimum Gasteiger partial charge on any atom is -0.382 e. The number of nitrogens with zero attached hydrogens (tertiary/aromatic N) is 2. The van der Waals surface area contributed by atoms with Crippen LogP contribution >= 0.6 is 0 Å². The fourth-order valence-electron chi connectivity index (χ4n) is 3.19. The van der Waals surface area contributed by atoms with Gasteiger partial charge in [0.05, 0.1) is 18.4 Å². The molecular weight excluding hydrogens is 334 g/mol. The van der Waals surface area contributed by atoms with Gasteiger partial charge in [-0.25, -0.2) is 0 Å². The van der Waals surface area contributed by atoms with Crippen molar-refractivity contribution in [1.29, 1.82) is 0 Å². The summed E-state index contributed by atoms with van der Waals surface area (Å²) < 4.78 is 5.47. The normalized spacial score (nSPS) is 21.8. The van der Waals surface area contributed by atoms with Gasteiger partial charge in [0.15, 0.2) is 0 Å². The monoisotopic (exact) mass is 359 g/mol. The van der Waals surface area contributed by atoms with E-state index >= 15 is 0 Å². The van der Waals surface area contributed by atoms with E-state index in [4.69, 9.17) is 9.57 Å². The summed E-state index contributed by atoms with van der Waals surface area (Å²) in [7, 11) is 1.60. The van der Waals surface area contributed by atoms with E-state index in [0.29, 0.717) is 13.0 Å². The molecule has 7 nitrogen and oxygen atoms in total. The van der Waals surface area contributed by atoms with Crippen LogP contribution in [-0.2, 0) is 19.2 Å². The summed E-state index contributed by atoms with van der Waals surface area (Å²) in [6.45, 7) is 3.23. The van der Waals surface area contributed by atoms with Gasteiger partial charge in [0, 0.05) is 32.2 Å². The van der Waals surface area contributed by atoms with Gasteiger partial charge < -0.3 is 19.8 Å². The van der Waals surface area contributed by atoms with E-state index in [9.17, 15) is 9.59 Å². The quantitative estimate of drug-likeness (QED) is 0.829. The summed E-state index contributed by atoms with van der Waals surface area (Å²) in [4.78, 5) is 31.3. The largest absolute Gasteiger partial charge is 0.382 e. The molecule has 2 heterocycles. The predicted molar refractivity (Wildman–Crippen MR) is 96.8 cm³/mol. The molecule has 26 heavy (non-hydrogen) atoms. The summed E-state index contributed by atoms with van der Waals surface area (Å²) in [6, 6.07) is 7.86. The molecule has 1 aromatic rings. The molecule has 0 bridgehead atoms. The van der Waals surface area contributed by atoms with Crippen LogP contribution in [0.2, 0.25) is 0 Å². The number of hydrogen-bond donors (Lipinski definition) is 1. The molecule has 1 fully saturated rings. The van der Waals surface area contributed by atoms with Crippen molar-refractivity contribution in [3.05, 3.63) is 35.4 Å². The summed E-state index contributed by atoms with van der Waals surface area (Å²) in [5, 5.41) is 6.89. The molecule has 1 saturated heterocycles. The lowest BCUT2D eigenvalue weighted by atomic mass is 10.00. The predicted octanol–water partition coefficient (Wildman–Crippen LogP) is 1.24. The maximum Gasteiger partial charge on any atom is 0.267 e. The standard InChI is InChI=1S/C19H25N3O4/c1-13-6-3-4-8-15(13)16-10-17(26-21-16)19(24)22(2)12-18(23)20-11-14-7-5-9-25-14/h3-4,6,8,14,17H,5,7,9-12H2,1-2H3,(H,20,23)/t14-,17-/m1/s1. The van der Waals surface area contributed by atoms with Gasteiger partial charge in [-0.1, -0.05) is 29.4 Å². The molecule has 1 aromatic carbocycles. The van der Waals surface area contributed by atoms with Gasteiger partial charge in [0.25, 0.3) is 5.91 Å². The van der Waals surface area contributed by atoms with Crippen LogP contribution in [0.15, 0.2) is 29.4 Å². The zero-order valence-electron chi connectivity index (χ0n) is 15.2. The highest BCUT2D eigenvalue weighted by Crippen LogP contribution is 2.20. The zero-order valence-corrected chi connectivity index (χ0v) is 15.2. The summed E-state index contributed by atoms with van der Waals surface area (Å²) in [6.07, 6.45) is 1.81. The third-order valence-electron chi connectivity index (χ3n) is 4.71. The number of aryl methyl sites for hydroxylation is 1. The van der Waals surface area contributed by atoms with Crippen LogP contribution in [0.3, 0.4) is 0 Å². The van der Waals surface area contributed by atoms with Crippen molar-refractivity contribution < 1.29 is 19.2 Å². The fraction of sp³-hybridized carbons (Fsp3) is 0.526. The smallest absolute Gasteiger partial charge is 0.267 e. The number of likely N-dealkylation sites (N-methyl/N-ethyl adjacent to an activating group) is 1. The number of benzene rings is 1. The van der Waals surface area contributed by atoms with Gasteiger partial charge in [0.2, 0.25) is 12.0 Å². The number of ether oxygens (including phenoxy) is 1. The highest BCUT2D eigenvalue weighted by atomic mass is 16.6. The molecule has 0 saturated carbocycles. The first-order valence-electron chi connectivity index (χ1n) is 8.96. The Balaban J connectivity index is 1.47. The topological polar surface area (TPSA) is 80.2 Å². The Morgan fingerprint density at radius 1 is 1.35 bits per heavy atom. The van der Waals surface area contributed by atoms with Crippen LogP contribution in [0.1, 0.15) is 30.4 Å². The number of carbonyl (C=O) groups is 2. The van der Waals surface area contributed by atoms with Crippen LogP contribution in [-0.4, -0.2) is 61.4 Å². The van der Waals surface area contributed by atoms with Crippen molar-refractivity contribution in [2.75, 3.05) is 26.7 Å². The van der Waals surface area contributed by atoms with Crippen LogP contribution in [0.4, 0.5) is 0 Å². The van der Waals surface area contributed by atoms with Gasteiger partial charge in [-0.2, -0.15) is 0 Å². The average Bonchev–Trinajstić information content (AvgIpc) is 3.31. The SMILES string of the molecule is Cc1ccccc1C1=NO[C@@H](C(=O)N(C)CC(=O)NC[C@H]2CCCO2)C1. The van der Waals surface area contributed by atoms with Crippen molar-refractivity contribution in [3.8, 4) is 0 Å². The van der Waals surface area contributed by atoms with Crippen molar-refractivity contribution >= 4 is 17.5 Å². The first kappa shape index (κ1) is 18.4. The number of rotatable bonds is 6. The van der Waals surface area contributed by atoms with E-state index in [2.05, 4.69) is 10.5 Å². The molecule has 0 radical (unpaired) electrons. The van der Waals surface area contributed by atoms with Crippen LogP contribution < -0.4 is 5.32 Å². The molecule has 2 amide bonds. The highest BCUT2D eigenvalue weighted by molar-refractivity contribution is 6.05. The van der Waals surface area contributed by atoms with Gasteiger partial charge in [-0.05, 0) is 25.3 Å². The lowest BCUT2D eigenvalue weighted by molar-refractivity contribution is -0.143. The zero-order chi connectivity index (χ0) is 18.5. The highest BCUT2D eigenvalue weighted by Gasteiger charge is 2.32. The maximum atomic E-state index is 12.5. The minimum absolute atomic E-state index is 0.00882. The summed E-state index contributed by atoms with van der Waals surface area (Å²) in [5.41, 5.74) is 2.84. The molecule has 140 valence electrons. The van der Waals surface area contributed by atoms with Gasteiger partial charge in [-0.3, -0.25) is 9.59 Å². The second-order valence-corrected chi connectivity index (χ2v) is 6.78. The molecule has 0 spiro atoms. The lowest BCUT2D eigenvalue weighted by Crippen LogP contribution is -2.44. The number of hydrogen-bond acceptors (Lipinski definition) is 5. The third-order valence-corrected chi connectivity index (χ3v) is 4.71. The molecule has 2 atom stereocenters. The first-order chi connectivity index (χ1) is 12.5. The Morgan fingerprint density at radius 3 is 2.88 bits per heavy atom. The Labute approximate surface area is 153 Å². The summed E-state index contributed by atoms with van der Waals surface area (Å²) in [5.74, 6) is -0.445. The molecule has 2 aliphatic heterocycles. The second kappa shape index (κ2) is 8.31. The minimum atomic E-state index is -0.680. The summed E-state index contributed by atoms with van der Waals surface area (Å²) >= 11 is 0. The van der Waals surface area contributed by atoms with Crippen LogP contribution in [0, 0.1) is 6.92 Å². The van der Waals surface area contributed by atoms with Gasteiger partial charge in [0.1, 0.15) is 0 Å². The van der Waals surface area contributed by atoms with Gasteiger partial charge in [-0.15, -0.1) is 0 Å². The maximum absolute atomic E-state index is 12.5. The fourth-order valence-corrected chi connectivity index (χ4v) is 3.19. The molecule has 7 heteroatoms. The molecule has 0 aromatic heterocycles. The Kier molecular flexibility index (Phi) is 5.88.